The van der Waals surface area contributed by atoms with Crippen LogP contribution in [-0.4, -0.2) is 16.2 Å². The summed E-state index contributed by atoms with van der Waals surface area (Å²) in [6.45, 7) is 4.93. The van der Waals surface area contributed by atoms with Gasteiger partial charge < -0.3 is 5.11 Å². The molecule has 0 saturated heterocycles. The van der Waals surface area contributed by atoms with Crippen molar-refractivity contribution in [1.82, 2.24) is 4.98 Å². The number of hydrogen-bond donors (Lipinski definition) is 1. The van der Waals surface area contributed by atoms with Crippen molar-refractivity contribution in [1.29, 1.82) is 0 Å². The third-order valence-electron chi connectivity index (χ3n) is 9.00. The van der Waals surface area contributed by atoms with Crippen LogP contribution in [0.5, 0.6) is 0 Å². The van der Waals surface area contributed by atoms with Crippen molar-refractivity contribution >= 4 is 5.57 Å². The van der Waals surface area contributed by atoms with Gasteiger partial charge in [0.05, 0.1) is 6.10 Å². The predicted molar refractivity (Wildman–Crippen MR) is 110 cm³/mol. The highest BCUT2D eigenvalue weighted by Gasteiger charge is 2.57. The Morgan fingerprint density at radius 3 is 2.81 bits per heavy atom. The second-order valence-electron chi connectivity index (χ2n) is 9.80. The minimum Gasteiger partial charge on any atom is -0.393 e. The summed E-state index contributed by atoms with van der Waals surface area (Å²) < 4.78 is 0. The number of nitrogens with zero attached hydrogens (tertiary/aromatic N) is 1. The van der Waals surface area contributed by atoms with E-state index < -0.39 is 0 Å². The Bertz CT molecular complexity index is 781. The van der Waals surface area contributed by atoms with Gasteiger partial charge >= 0.3 is 0 Å². The van der Waals surface area contributed by atoms with Crippen LogP contribution in [0.1, 0.15) is 70.8 Å². The zero-order valence-electron chi connectivity index (χ0n) is 16.8. The highest BCUT2D eigenvalue weighted by Crippen LogP contribution is 2.67. The van der Waals surface area contributed by atoms with E-state index in [2.05, 4.69) is 49.3 Å². The van der Waals surface area contributed by atoms with Crippen LogP contribution in [0, 0.1) is 28.6 Å². The van der Waals surface area contributed by atoms with Crippen LogP contribution in [0.3, 0.4) is 0 Å². The standard InChI is InChI=1S/C25H33NO/c1-3-25-13-11-22-20(7-6-18-15-19(27)10-12-24(18,22)2)23(25)9-8-21(25)17-5-4-14-26-16-17/h4-6,8,14,16,19-20,22-23,27H,3,7,9-13,15H2,1-2H3/t19-,20+,22-,23-,24-,25+/m0/s1. The maximum atomic E-state index is 10.2. The minimum absolute atomic E-state index is 0.107. The Kier molecular flexibility index (Phi) is 4.13. The number of aromatic nitrogens is 1. The molecule has 0 spiro atoms. The summed E-state index contributed by atoms with van der Waals surface area (Å²) in [7, 11) is 0. The van der Waals surface area contributed by atoms with E-state index in [-0.39, 0.29) is 6.10 Å². The first-order valence-electron chi connectivity index (χ1n) is 11.1. The van der Waals surface area contributed by atoms with E-state index in [1.807, 2.05) is 6.20 Å². The van der Waals surface area contributed by atoms with E-state index in [9.17, 15) is 5.11 Å². The van der Waals surface area contributed by atoms with Crippen LogP contribution in [0.15, 0.2) is 42.3 Å². The average molecular weight is 364 g/mol. The molecule has 144 valence electrons. The van der Waals surface area contributed by atoms with Crippen molar-refractivity contribution in [3.8, 4) is 0 Å². The Morgan fingerprint density at radius 1 is 1.15 bits per heavy atom. The number of rotatable bonds is 2. The highest BCUT2D eigenvalue weighted by atomic mass is 16.3. The minimum atomic E-state index is -0.107. The third-order valence-corrected chi connectivity index (χ3v) is 9.00. The zero-order chi connectivity index (χ0) is 18.6. The predicted octanol–water partition coefficient (Wildman–Crippen LogP) is 5.79. The van der Waals surface area contributed by atoms with Gasteiger partial charge in [-0.15, -0.1) is 0 Å². The SMILES string of the molecule is CC[C@]12CC[C@H]3[C@@H](CC=C4C[C@@H](O)CC[C@@]43C)[C@@H]1CC=C2c1cccnc1. The van der Waals surface area contributed by atoms with Gasteiger partial charge in [-0.2, -0.15) is 0 Å². The second kappa shape index (κ2) is 6.30. The number of allylic oxidation sites excluding steroid dienone is 3. The first kappa shape index (κ1) is 17.7. The monoisotopic (exact) mass is 363 g/mol. The third kappa shape index (κ3) is 2.45. The highest BCUT2D eigenvalue weighted by molar-refractivity contribution is 5.72. The summed E-state index contributed by atoms with van der Waals surface area (Å²) in [6, 6.07) is 4.34. The quantitative estimate of drug-likeness (QED) is 0.675. The molecule has 27 heavy (non-hydrogen) atoms. The Hall–Kier alpha value is -1.41. The lowest BCUT2D eigenvalue weighted by molar-refractivity contribution is -0.0303. The van der Waals surface area contributed by atoms with Crippen LogP contribution in [0.25, 0.3) is 5.57 Å². The topological polar surface area (TPSA) is 33.1 Å². The molecular weight excluding hydrogens is 330 g/mol. The summed E-state index contributed by atoms with van der Waals surface area (Å²) in [5.41, 5.74) is 5.18. The van der Waals surface area contributed by atoms with Crippen LogP contribution < -0.4 is 0 Å². The van der Waals surface area contributed by atoms with Gasteiger partial charge in [0.1, 0.15) is 0 Å². The Labute approximate surface area is 163 Å². The fourth-order valence-electron chi connectivity index (χ4n) is 7.60. The molecule has 0 radical (unpaired) electrons. The molecular formula is C25H33NO. The zero-order valence-corrected chi connectivity index (χ0v) is 16.8. The van der Waals surface area contributed by atoms with Crippen LogP contribution in [0.2, 0.25) is 0 Å². The van der Waals surface area contributed by atoms with Crippen molar-refractivity contribution in [2.24, 2.45) is 28.6 Å². The molecule has 4 aliphatic carbocycles. The average Bonchev–Trinajstić information content (AvgIpc) is 3.09. The van der Waals surface area contributed by atoms with E-state index in [1.165, 1.54) is 44.1 Å². The van der Waals surface area contributed by atoms with Crippen molar-refractivity contribution in [3.05, 3.63) is 47.8 Å². The van der Waals surface area contributed by atoms with Gasteiger partial charge in [0.25, 0.3) is 0 Å². The van der Waals surface area contributed by atoms with Crippen LogP contribution in [-0.2, 0) is 0 Å². The van der Waals surface area contributed by atoms with E-state index in [0.29, 0.717) is 10.8 Å². The van der Waals surface area contributed by atoms with E-state index in [0.717, 1.165) is 30.6 Å². The molecule has 1 heterocycles. The molecule has 0 bridgehead atoms. The number of aliphatic hydroxyl groups is 1. The normalized spacial score (nSPS) is 43.2. The summed E-state index contributed by atoms with van der Waals surface area (Å²) in [5, 5.41) is 10.2. The number of pyridine rings is 1. The maximum Gasteiger partial charge on any atom is 0.0577 e. The van der Waals surface area contributed by atoms with Gasteiger partial charge in [0.2, 0.25) is 0 Å². The maximum absolute atomic E-state index is 10.2. The lowest BCUT2D eigenvalue weighted by atomic mass is 9.46. The van der Waals surface area contributed by atoms with Crippen molar-refractivity contribution in [3.63, 3.8) is 0 Å². The summed E-state index contributed by atoms with van der Waals surface area (Å²) in [5.74, 6) is 2.38. The summed E-state index contributed by atoms with van der Waals surface area (Å²) in [4.78, 5) is 4.41. The van der Waals surface area contributed by atoms with Gasteiger partial charge in [-0.05, 0) is 97.2 Å². The lowest BCUT2D eigenvalue weighted by Gasteiger charge is -2.58. The fourth-order valence-corrected chi connectivity index (χ4v) is 7.60. The first-order valence-corrected chi connectivity index (χ1v) is 11.1. The number of aliphatic hydroxyl groups excluding tert-OH is 1. The molecule has 2 fully saturated rings. The molecule has 1 aromatic heterocycles. The van der Waals surface area contributed by atoms with E-state index in [4.69, 9.17) is 0 Å². The molecule has 2 nitrogen and oxygen atoms in total. The molecule has 2 saturated carbocycles. The smallest absolute Gasteiger partial charge is 0.0577 e. The number of hydrogen-bond acceptors (Lipinski definition) is 2. The molecule has 0 amide bonds. The molecule has 0 aliphatic heterocycles. The van der Waals surface area contributed by atoms with Gasteiger partial charge in [0, 0.05) is 12.4 Å². The first-order chi connectivity index (χ1) is 13.1. The molecule has 6 atom stereocenters. The van der Waals surface area contributed by atoms with Gasteiger partial charge in [-0.1, -0.05) is 37.6 Å². The Morgan fingerprint density at radius 2 is 2.04 bits per heavy atom. The van der Waals surface area contributed by atoms with Crippen molar-refractivity contribution < 1.29 is 5.11 Å². The Balaban J connectivity index is 1.50. The fraction of sp³-hybridized carbons (Fsp3) is 0.640. The van der Waals surface area contributed by atoms with Crippen LogP contribution in [0.4, 0.5) is 0 Å². The molecule has 1 N–H and O–H groups in total. The second-order valence-corrected chi connectivity index (χ2v) is 9.80. The van der Waals surface area contributed by atoms with E-state index in [1.54, 1.807) is 11.1 Å². The molecule has 4 aliphatic rings. The largest absolute Gasteiger partial charge is 0.393 e. The van der Waals surface area contributed by atoms with Crippen molar-refractivity contribution in [2.45, 2.75) is 71.3 Å². The van der Waals surface area contributed by atoms with Crippen molar-refractivity contribution in [2.75, 3.05) is 0 Å². The molecule has 2 heteroatoms. The van der Waals surface area contributed by atoms with Gasteiger partial charge in [-0.25, -0.2) is 0 Å². The molecule has 0 aromatic carbocycles. The molecule has 5 rings (SSSR count). The summed E-state index contributed by atoms with van der Waals surface area (Å²) in [6.07, 6.45) is 18.4. The number of fused-ring (bicyclic) bond motifs is 5. The van der Waals surface area contributed by atoms with E-state index >= 15 is 0 Å². The molecule has 1 aromatic rings. The summed E-state index contributed by atoms with van der Waals surface area (Å²) >= 11 is 0. The van der Waals surface area contributed by atoms with Crippen LogP contribution >= 0.6 is 0 Å². The van der Waals surface area contributed by atoms with Gasteiger partial charge in [0.15, 0.2) is 0 Å². The van der Waals surface area contributed by atoms with Gasteiger partial charge in [-0.3, -0.25) is 4.98 Å². The molecule has 0 unspecified atom stereocenters. The lowest BCUT2D eigenvalue weighted by Crippen LogP contribution is -2.50.